The zero-order chi connectivity index (χ0) is 19.9. The van der Waals surface area contributed by atoms with E-state index in [1.165, 1.54) is 51.0 Å². The molecular weight excluding hydrogens is 358 g/mol. The molecule has 1 unspecified atom stereocenters. The number of nitroso groups, excluding NO2 is 1. The second kappa shape index (κ2) is 9.71. The number of ether oxygens (including phenoxy) is 1. The predicted octanol–water partition coefficient (Wildman–Crippen LogP) is 5.80. The number of hydrogen-bond acceptors (Lipinski definition) is 6. The molecule has 0 aromatic carbocycles. The van der Waals surface area contributed by atoms with Gasteiger partial charge in [-0.15, -0.1) is 4.91 Å². The summed E-state index contributed by atoms with van der Waals surface area (Å²) in [6, 6.07) is 1.77. The average Bonchev–Trinajstić information content (AvgIpc) is 3.03. The molecule has 0 spiro atoms. The van der Waals surface area contributed by atoms with Gasteiger partial charge in [0.05, 0.1) is 0 Å². The number of allylic oxidation sites excluding steroid dienone is 1. The van der Waals surface area contributed by atoms with E-state index in [1.807, 2.05) is 0 Å². The molecular formula is C22H29NO5. The van der Waals surface area contributed by atoms with E-state index in [0.29, 0.717) is 29.1 Å². The van der Waals surface area contributed by atoms with E-state index in [-0.39, 0.29) is 17.9 Å². The summed E-state index contributed by atoms with van der Waals surface area (Å²) in [6.45, 7) is 2.23. The standard InChI is InChI=1S/C22H29NO5/c1-2-3-4-5-6-7-8-9-10-11-15-12-20-21(22(25)27-15)16-13-17(23-26)18(24)14-19(16)28-20/h12-13,19,24H,2-11,14H2,1H3. The molecule has 1 aromatic heterocycles. The Bertz CT molecular complexity index is 821. The van der Waals surface area contributed by atoms with Crippen LogP contribution in [0.3, 0.4) is 0 Å². The van der Waals surface area contributed by atoms with Crippen LogP contribution in [0.15, 0.2) is 38.0 Å². The average molecular weight is 387 g/mol. The fourth-order valence-electron chi connectivity index (χ4n) is 3.89. The Morgan fingerprint density at radius 3 is 2.46 bits per heavy atom. The molecule has 3 rings (SSSR count). The van der Waals surface area contributed by atoms with Crippen LogP contribution < -0.4 is 10.4 Å². The van der Waals surface area contributed by atoms with Gasteiger partial charge in [0.1, 0.15) is 34.6 Å². The number of aliphatic hydroxyl groups is 1. The lowest BCUT2D eigenvalue weighted by atomic mass is 9.95. The number of hydrogen-bond donors (Lipinski definition) is 1. The maximum absolute atomic E-state index is 12.4. The second-order valence-corrected chi connectivity index (χ2v) is 7.65. The van der Waals surface area contributed by atoms with Crippen LogP contribution in [0.5, 0.6) is 5.75 Å². The molecule has 1 atom stereocenters. The largest absolute Gasteiger partial charge is 0.510 e. The van der Waals surface area contributed by atoms with Crippen molar-refractivity contribution in [3.05, 3.63) is 50.2 Å². The smallest absolute Gasteiger partial charge is 0.347 e. The molecule has 0 saturated heterocycles. The molecule has 28 heavy (non-hydrogen) atoms. The van der Waals surface area contributed by atoms with Crippen LogP contribution >= 0.6 is 0 Å². The highest BCUT2D eigenvalue weighted by Crippen LogP contribution is 2.41. The SMILES string of the molecule is CCCCCCCCCCCc1cc2c(c(=O)o1)C1=CC(N=O)=C(O)CC1O2. The highest BCUT2D eigenvalue weighted by Gasteiger charge is 2.36. The Morgan fingerprint density at radius 1 is 1.11 bits per heavy atom. The van der Waals surface area contributed by atoms with E-state index >= 15 is 0 Å². The zero-order valence-electron chi connectivity index (χ0n) is 16.5. The Hall–Kier alpha value is -2.37. The van der Waals surface area contributed by atoms with Gasteiger partial charge in [0.25, 0.3) is 0 Å². The molecule has 0 fully saturated rings. The zero-order valence-corrected chi connectivity index (χ0v) is 16.5. The van der Waals surface area contributed by atoms with Crippen LogP contribution in [-0.2, 0) is 6.42 Å². The molecule has 2 heterocycles. The van der Waals surface area contributed by atoms with Gasteiger partial charge >= 0.3 is 5.63 Å². The third-order valence-corrected chi connectivity index (χ3v) is 5.46. The van der Waals surface area contributed by atoms with E-state index in [0.717, 1.165) is 12.8 Å². The van der Waals surface area contributed by atoms with E-state index in [4.69, 9.17) is 9.15 Å². The van der Waals surface area contributed by atoms with Gasteiger partial charge in [-0.05, 0) is 17.7 Å². The minimum absolute atomic E-state index is 0.0547. The van der Waals surface area contributed by atoms with Gasteiger partial charge in [-0.25, -0.2) is 4.79 Å². The lowest BCUT2D eigenvalue weighted by Gasteiger charge is -2.16. The summed E-state index contributed by atoms with van der Waals surface area (Å²) < 4.78 is 11.3. The molecule has 1 aliphatic carbocycles. The lowest BCUT2D eigenvalue weighted by molar-refractivity contribution is 0.242. The molecule has 0 saturated carbocycles. The number of aliphatic hydroxyl groups excluding tert-OH is 1. The molecule has 0 bridgehead atoms. The molecule has 6 heteroatoms. The fourth-order valence-corrected chi connectivity index (χ4v) is 3.89. The van der Waals surface area contributed by atoms with Crippen LogP contribution in [0.1, 0.15) is 82.5 Å². The molecule has 2 aliphatic rings. The summed E-state index contributed by atoms with van der Waals surface area (Å²) in [5.74, 6) is 0.978. The predicted molar refractivity (Wildman–Crippen MR) is 108 cm³/mol. The van der Waals surface area contributed by atoms with Crippen LogP contribution in [0.2, 0.25) is 0 Å². The van der Waals surface area contributed by atoms with Crippen LogP contribution in [0.4, 0.5) is 0 Å². The van der Waals surface area contributed by atoms with Crippen molar-refractivity contribution in [2.75, 3.05) is 0 Å². The second-order valence-electron chi connectivity index (χ2n) is 7.65. The summed E-state index contributed by atoms with van der Waals surface area (Å²) >= 11 is 0. The molecule has 6 nitrogen and oxygen atoms in total. The highest BCUT2D eigenvalue weighted by atomic mass is 16.5. The van der Waals surface area contributed by atoms with Crippen LogP contribution in [0.25, 0.3) is 5.57 Å². The minimum Gasteiger partial charge on any atom is -0.510 e. The van der Waals surface area contributed by atoms with E-state index in [2.05, 4.69) is 12.1 Å². The van der Waals surface area contributed by atoms with Crippen molar-refractivity contribution in [1.29, 1.82) is 0 Å². The van der Waals surface area contributed by atoms with Gasteiger partial charge < -0.3 is 14.3 Å². The third-order valence-electron chi connectivity index (χ3n) is 5.46. The van der Waals surface area contributed by atoms with E-state index in [1.54, 1.807) is 6.07 Å². The number of unbranched alkanes of at least 4 members (excludes halogenated alkanes) is 8. The van der Waals surface area contributed by atoms with Gasteiger partial charge in [-0.2, -0.15) is 0 Å². The number of nitrogens with zero attached hydrogens (tertiary/aromatic N) is 1. The topological polar surface area (TPSA) is 89.1 Å². The van der Waals surface area contributed by atoms with Gasteiger partial charge in [0.15, 0.2) is 0 Å². The molecule has 0 radical (unpaired) electrons. The summed E-state index contributed by atoms with van der Waals surface area (Å²) in [6.07, 6.45) is 12.9. The minimum atomic E-state index is -0.466. The van der Waals surface area contributed by atoms with Crippen LogP contribution in [0, 0.1) is 4.91 Å². The number of rotatable bonds is 11. The van der Waals surface area contributed by atoms with Gasteiger partial charge in [0, 0.05) is 24.5 Å². The van der Waals surface area contributed by atoms with Crippen molar-refractivity contribution in [2.45, 2.75) is 83.7 Å². The molecule has 152 valence electrons. The lowest BCUT2D eigenvalue weighted by Crippen LogP contribution is -2.18. The van der Waals surface area contributed by atoms with Gasteiger partial charge in [0.2, 0.25) is 0 Å². The number of aryl methyl sites for hydroxylation is 1. The van der Waals surface area contributed by atoms with Crippen molar-refractivity contribution in [3.63, 3.8) is 0 Å². The molecule has 1 aromatic rings. The molecule has 0 amide bonds. The maximum atomic E-state index is 12.4. The normalized spacial score (nSPS) is 17.8. The number of fused-ring (bicyclic) bond motifs is 3. The van der Waals surface area contributed by atoms with Crippen LogP contribution in [-0.4, -0.2) is 11.2 Å². The Kier molecular flexibility index (Phi) is 7.06. The summed E-state index contributed by atoms with van der Waals surface area (Å²) in [5, 5.41) is 12.6. The monoisotopic (exact) mass is 387 g/mol. The highest BCUT2D eigenvalue weighted by molar-refractivity contribution is 5.79. The van der Waals surface area contributed by atoms with Gasteiger partial charge in [-0.3, -0.25) is 0 Å². The van der Waals surface area contributed by atoms with Crippen molar-refractivity contribution in [1.82, 2.24) is 0 Å². The summed E-state index contributed by atoms with van der Waals surface area (Å²) in [5.41, 5.74) is 0.393. The van der Waals surface area contributed by atoms with E-state index < -0.39 is 11.7 Å². The summed E-state index contributed by atoms with van der Waals surface area (Å²) in [4.78, 5) is 23.3. The summed E-state index contributed by atoms with van der Waals surface area (Å²) in [7, 11) is 0. The van der Waals surface area contributed by atoms with Crippen molar-refractivity contribution < 1.29 is 14.3 Å². The Balaban J connectivity index is 1.52. The maximum Gasteiger partial charge on any atom is 0.347 e. The first-order valence-corrected chi connectivity index (χ1v) is 10.4. The van der Waals surface area contributed by atoms with E-state index in [9.17, 15) is 14.8 Å². The first-order chi connectivity index (χ1) is 13.6. The van der Waals surface area contributed by atoms with Gasteiger partial charge in [-0.1, -0.05) is 58.3 Å². The molecule has 1 N–H and O–H groups in total. The quantitative estimate of drug-likeness (QED) is 0.383. The van der Waals surface area contributed by atoms with Crippen molar-refractivity contribution in [2.24, 2.45) is 5.18 Å². The first-order valence-electron chi connectivity index (χ1n) is 10.4. The van der Waals surface area contributed by atoms with Crippen molar-refractivity contribution in [3.8, 4) is 5.75 Å². The first kappa shape index (κ1) is 20.4. The Labute approximate surface area is 165 Å². The molecule has 1 aliphatic heterocycles. The fraction of sp³-hybridized carbons (Fsp3) is 0.591. The third kappa shape index (κ3) is 4.72. The Morgan fingerprint density at radius 2 is 1.79 bits per heavy atom. The van der Waals surface area contributed by atoms with Crippen molar-refractivity contribution >= 4 is 5.57 Å².